The Kier molecular flexibility index (Phi) is 7.76. The van der Waals surface area contributed by atoms with Crippen molar-refractivity contribution in [2.24, 2.45) is 5.92 Å². The molecule has 2 unspecified atom stereocenters. The SMILES string of the molecule is COc1cc(OP(=O)(OC(C)C)C(Nc2cccnc2)C(C)C)cc(OC)c1O. The summed E-state index contributed by atoms with van der Waals surface area (Å²) in [5, 5.41) is 13.3. The predicted molar refractivity (Wildman–Crippen MR) is 112 cm³/mol. The number of phenolic OH excluding ortho intramolecular Hbond substituents is 1. The second-order valence-electron chi connectivity index (χ2n) is 7.04. The lowest BCUT2D eigenvalue weighted by atomic mass is 10.2. The number of rotatable bonds is 10. The van der Waals surface area contributed by atoms with E-state index in [0.717, 1.165) is 0 Å². The molecule has 1 aromatic heterocycles. The topological polar surface area (TPSA) is 99.1 Å². The standard InChI is InChI=1S/C20H29N2O6P/c1-13(2)20(22-15-8-7-9-21-12-15)29(24,27-14(3)4)28-16-10-17(25-5)19(23)18(11-16)26-6/h7-14,20,22-23H,1-6H3. The van der Waals surface area contributed by atoms with Gasteiger partial charge in [0.2, 0.25) is 5.75 Å². The van der Waals surface area contributed by atoms with Crippen molar-refractivity contribution in [2.75, 3.05) is 19.5 Å². The van der Waals surface area contributed by atoms with Gasteiger partial charge in [0.25, 0.3) is 0 Å². The molecule has 1 aromatic carbocycles. The lowest BCUT2D eigenvalue weighted by Gasteiger charge is -2.32. The molecule has 0 radical (unpaired) electrons. The first kappa shape index (κ1) is 22.8. The Balaban J connectivity index is 2.46. The fourth-order valence-corrected chi connectivity index (χ4v) is 5.05. The highest BCUT2D eigenvalue weighted by Gasteiger charge is 2.41. The van der Waals surface area contributed by atoms with Crippen molar-refractivity contribution in [3.05, 3.63) is 36.7 Å². The summed E-state index contributed by atoms with van der Waals surface area (Å²) in [7, 11) is -0.924. The molecule has 9 heteroatoms. The van der Waals surface area contributed by atoms with E-state index in [-0.39, 0.29) is 35.0 Å². The molecule has 0 saturated heterocycles. The number of phenols is 1. The zero-order chi connectivity index (χ0) is 21.6. The van der Waals surface area contributed by atoms with E-state index in [1.807, 2.05) is 19.9 Å². The molecule has 0 fully saturated rings. The van der Waals surface area contributed by atoms with Gasteiger partial charge in [0, 0.05) is 24.5 Å². The van der Waals surface area contributed by atoms with Crippen LogP contribution in [0.25, 0.3) is 0 Å². The molecule has 2 aromatic rings. The second kappa shape index (κ2) is 9.85. The molecule has 0 amide bonds. The Hall–Kier alpha value is -2.44. The van der Waals surface area contributed by atoms with Crippen molar-refractivity contribution in [1.29, 1.82) is 0 Å². The Bertz CT molecular complexity index is 819. The van der Waals surface area contributed by atoms with Gasteiger partial charge in [-0.25, -0.2) is 4.57 Å². The third kappa shape index (κ3) is 5.78. The summed E-state index contributed by atoms with van der Waals surface area (Å²) in [6, 6.07) is 6.49. The van der Waals surface area contributed by atoms with Gasteiger partial charge in [0.05, 0.1) is 26.0 Å². The summed E-state index contributed by atoms with van der Waals surface area (Å²) in [5.74, 6) is -0.455. The van der Waals surface area contributed by atoms with E-state index < -0.39 is 13.4 Å². The number of anilines is 1. The summed E-state index contributed by atoms with van der Waals surface area (Å²) in [6.45, 7) is 7.42. The van der Waals surface area contributed by atoms with Gasteiger partial charge < -0.3 is 24.4 Å². The zero-order valence-corrected chi connectivity index (χ0v) is 18.5. The van der Waals surface area contributed by atoms with E-state index in [1.54, 1.807) is 32.3 Å². The first-order valence-electron chi connectivity index (χ1n) is 9.29. The van der Waals surface area contributed by atoms with Gasteiger partial charge in [-0.05, 0) is 31.9 Å². The number of benzene rings is 1. The fourth-order valence-electron chi connectivity index (χ4n) is 2.74. The van der Waals surface area contributed by atoms with Crippen LogP contribution in [0.3, 0.4) is 0 Å². The van der Waals surface area contributed by atoms with E-state index in [9.17, 15) is 9.67 Å². The lowest BCUT2D eigenvalue weighted by molar-refractivity contribution is 0.200. The number of ether oxygens (including phenoxy) is 2. The van der Waals surface area contributed by atoms with Crippen LogP contribution in [0.4, 0.5) is 5.69 Å². The largest absolute Gasteiger partial charge is 0.502 e. The van der Waals surface area contributed by atoms with Gasteiger partial charge in [-0.2, -0.15) is 0 Å². The van der Waals surface area contributed by atoms with Crippen LogP contribution in [-0.2, 0) is 9.09 Å². The number of nitrogens with one attached hydrogen (secondary N) is 1. The molecule has 29 heavy (non-hydrogen) atoms. The minimum absolute atomic E-state index is 0.0966. The highest BCUT2D eigenvalue weighted by Crippen LogP contribution is 2.57. The second-order valence-corrected chi connectivity index (χ2v) is 9.07. The maximum absolute atomic E-state index is 14.0. The number of aromatic hydroxyl groups is 1. The number of nitrogens with zero attached hydrogens (tertiary/aromatic N) is 1. The molecule has 2 N–H and O–H groups in total. The van der Waals surface area contributed by atoms with Crippen LogP contribution in [0.5, 0.6) is 23.0 Å². The molecule has 2 atom stereocenters. The highest BCUT2D eigenvalue weighted by atomic mass is 31.2. The maximum atomic E-state index is 14.0. The van der Waals surface area contributed by atoms with E-state index in [4.69, 9.17) is 18.5 Å². The summed E-state index contributed by atoms with van der Waals surface area (Å²) in [4.78, 5) is 4.08. The minimum Gasteiger partial charge on any atom is -0.502 e. The van der Waals surface area contributed by atoms with Crippen LogP contribution in [-0.4, -0.2) is 36.2 Å². The molecule has 0 aliphatic heterocycles. The smallest absolute Gasteiger partial charge is 0.401 e. The Morgan fingerprint density at radius 3 is 2.17 bits per heavy atom. The number of methoxy groups -OCH3 is 2. The van der Waals surface area contributed by atoms with E-state index in [1.165, 1.54) is 26.4 Å². The fraction of sp³-hybridized carbons (Fsp3) is 0.450. The Morgan fingerprint density at radius 2 is 1.72 bits per heavy atom. The third-order valence-corrected chi connectivity index (χ3v) is 6.58. The molecule has 2 rings (SSSR count). The number of aromatic nitrogens is 1. The molecule has 160 valence electrons. The molecule has 0 aliphatic carbocycles. The average Bonchev–Trinajstić information content (AvgIpc) is 2.67. The highest BCUT2D eigenvalue weighted by molar-refractivity contribution is 7.55. The molecule has 0 saturated carbocycles. The molecule has 8 nitrogen and oxygen atoms in total. The maximum Gasteiger partial charge on any atom is 0.401 e. The summed E-state index contributed by atoms with van der Waals surface area (Å²) in [5.41, 5.74) is 0.697. The van der Waals surface area contributed by atoms with Gasteiger partial charge in [-0.15, -0.1) is 0 Å². The van der Waals surface area contributed by atoms with Crippen molar-refractivity contribution in [1.82, 2.24) is 4.98 Å². The minimum atomic E-state index is -3.74. The normalized spacial score (nSPS) is 14.3. The molecule has 0 spiro atoms. The molecule has 0 aliphatic rings. The van der Waals surface area contributed by atoms with Gasteiger partial charge in [0.15, 0.2) is 11.5 Å². The van der Waals surface area contributed by atoms with Crippen molar-refractivity contribution >= 4 is 13.3 Å². The molecular weight excluding hydrogens is 395 g/mol. The Labute approximate surface area is 171 Å². The van der Waals surface area contributed by atoms with Crippen LogP contribution in [0, 0.1) is 5.92 Å². The Morgan fingerprint density at radius 1 is 1.10 bits per heavy atom. The number of pyridine rings is 1. The average molecular weight is 424 g/mol. The molecule has 0 bridgehead atoms. The van der Waals surface area contributed by atoms with Crippen molar-refractivity contribution in [3.63, 3.8) is 0 Å². The number of hydrogen-bond acceptors (Lipinski definition) is 8. The van der Waals surface area contributed by atoms with E-state index in [0.29, 0.717) is 5.69 Å². The van der Waals surface area contributed by atoms with Crippen molar-refractivity contribution in [3.8, 4) is 23.0 Å². The van der Waals surface area contributed by atoms with Gasteiger partial charge in [-0.3, -0.25) is 9.51 Å². The van der Waals surface area contributed by atoms with Gasteiger partial charge in [-0.1, -0.05) is 13.8 Å². The number of hydrogen-bond donors (Lipinski definition) is 2. The van der Waals surface area contributed by atoms with Crippen molar-refractivity contribution in [2.45, 2.75) is 39.6 Å². The van der Waals surface area contributed by atoms with Crippen LogP contribution < -0.4 is 19.3 Å². The lowest BCUT2D eigenvalue weighted by Crippen LogP contribution is -2.30. The van der Waals surface area contributed by atoms with Crippen molar-refractivity contribution < 1.29 is 28.2 Å². The van der Waals surface area contributed by atoms with Gasteiger partial charge >= 0.3 is 7.60 Å². The predicted octanol–water partition coefficient (Wildman–Crippen LogP) is 4.90. The zero-order valence-electron chi connectivity index (χ0n) is 17.6. The third-order valence-electron chi connectivity index (χ3n) is 3.99. The first-order valence-corrected chi connectivity index (χ1v) is 10.9. The summed E-state index contributed by atoms with van der Waals surface area (Å²) in [6.07, 6.45) is 2.95. The monoisotopic (exact) mass is 424 g/mol. The van der Waals surface area contributed by atoms with Crippen LogP contribution >= 0.6 is 7.60 Å². The van der Waals surface area contributed by atoms with E-state index >= 15 is 0 Å². The molecule has 1 heterocycles. The van der Waals surface area contributed by atoms with Crippen LogP contribution in [0.2, 0.25) is 0 Å². The summed E-state index contributed by atoms with van der Waals surface area (Å²) >= 11 is 0. The quantitative estimate of drug-likeness (QED) is 0.520. The summed E-state index contributed by atoms with van der Waals surface area (Å²) < 4.78 is 36.0. The molecular formula is C20H29N2O6P. The van der Waals surface area contributed by atoms with Gasteiger partial charge in [0.1, 0.15) is 11.5 Å². The first-order chi connectivity index (χ1) is 13.7. The van der Waals surface area contributed by atoms with Crippen LogP contribution in [0.1, 0.15) is 27.7 Å². The van der Waals surface area contributed by atoms with E-state index in [2.05, 4.69) is 10.3 Å². The van der Waals surface area contributed by atoms with Crippen LogP contribution in [0.15, 0.2) is 36.7 Å².